The molecular formula is C8H14N2O2. The zero-order valence-electron chi connectivity index (χ0n) is 7.41. The molecule has 1 aliphatic rings. The quantitative estimate of drug-likeness (QED) is 0.580. The van der Waals surface area contributed by atoms with Gasteiger partial charge in [-0.05, 0) is 6.92 Å². The van der Waals surface area contributed by atoms with Gasteiger partial charge in [-0.3, -0.25) is 14.5 Å². The maximum absolute atomic E-state index is 11.3. The lowest BCUT2D eigenvalue weighted by molar-refractivity contribution is -0.139. The van der Waals surface area contributed by atoms with Gasteiger partial charge in [-0.2, -0.15) is 0 Å². The number of amides is 2. The Labute approximate surface area is 71.7 Å². The number of carbonyl (C=O) groups is 2. The minimum Gasteiger partial charge on any atom is -0.326 e. The van der Waals surface area contributed by atoms with Crippen molar-refractivity contribution in [3.8, 4) is 0 Å². The highest BCUT2D eigenvalue weighted by Crippen LogP contribution is 2.18. The molecule has 1 fully saturated rings. The minimum absolute atomic E-state index is 0.0858. The van der Waals surface area contributed by atoms with Crippen molar-refractivity contribution in [1.82, 2.24) is 4.90 Å². The lowest BCUT2D eigenvalue weighted by atomic mass is 10.1. The van der Waals surface area contributed by atoms with Gasteiger partial charge in [0.2, 0.25) is 11.8 Å². The molecule has 2 amide bonds. The fourth-order valence-electron chi connectivity index (χ4n) is 1.33. The molecule has 2 N–H and O–H groups in total. The summed E-state index contributed by atoms with van der Waals surface area (Å²) in [5.41, 5.74) is 5.50. The van der Waals surface area contributed by atoms with Gasteiger partial charge in [0.25, 0.3) is 0 Å². The lowest BCUT2D eigenvalue weighted by Crippen LogP contribution is -2.39. The van der Waals surface area contributed by atoms with Crippen molar-refractivity contribution in [2.24, 2.45) is 11.7 Å². The van der Waals surface area contributed by atoms with Crippen molar-refractivity contribution in [3.63, 3.8) is 0 Å². The Kier molecular flexibility index (Phi) is 2.47. The van der Waals surface area contributed by atoms with Crippen LogP contribution in [-0.4, -0.2) is 29.3 Å². The molecule has 0 aliphatic carbocycles. The van der Waals surface area contributed by atoms with Gasteiger partial charge in [-0.1, -0.05) is 6.92 Å². The Morgan fingerprint density at radius 2 is 2.25 bits per heavy atom. The van der Waals surface area contributed by atoms with E-state index < -0.39 is 0 Å². The van der Waals surface area contributed by atoms with Gasteiger partial charge in [0.15, 0.2) is 0 Å². The van der Waals surface area contributed by atoms with E-state index in [0.29, 0.717) is 13.0 Å². The second-order valence-electron chi connectivity index (χ2n) is 3.43. The van der Waals surface area contributed by atoms with Crippen molar-refractivity contribution < 1.29 is 9.59 Å². The third-order valence-corrected chi connectivity index (χ3v) is 1.94. The first kappa shape index (κ1) is 9.19. The Bertz CT molecular complexity index is 213. The SMILES string of the molecule is CC(N)CN1C(=O)CC(C)C1=O. The largest absolute Gasteiger partial charge is 0.326 e. The molecule has 4 heteroatoms. The summed E-state index contributed by atoms with van der Waals surface area (Å²) in [5, 5.41) is 0. The molecule has 2 atom stereocenters. The highest BCUT2D eigenvalue weighted by atomic mass is 16.2. The summed E-state index contributed by atoms with van der Waals surface area (Å²) in [6.07, 6.45) is 0.339. The van der Waals surface area contributed by atoms with E-state index in [-0.39, 0.29) is 23.8 Å². The predicted octanol–water partition coefficient (Wildman–Crippen LogP) is -0.271. The van der Waals surface area contributed by atoms with Crippen LogP contribution in [0.4, 0.5) is 0 Å². The number of nitrogens with zero attached hydrogens (tertiary/aromatic N) is 1. The maximum Gasteiger partial charge on any atom is 0.232 e. The number of rotatable bonds is 2. The van der Waals surface area contributed by atoms with E-state index in [2.05, 4.69) is 0 Å². The summed E-state index contributed by atoms with van der Waals surface area (Å²) in [5.74, 6) is -0.335. The molecule has 0 spiro atoms. The molecule has 68 valence electrons. The van der Waals surface area contributed by atoms with Crippen LogP contribution in [-0.2, 0) is 9.59 Å². The van der Waals surface area contributed by atoms with Gasteiger partial charge < -0.3 is 5.73 Å². The highest BCUT2D eigenvalue weighted by molar-refractivity contribution is 6.03. The van der Waals surface area contributed by atoms with E-state index in [1.54, 1.807) is 13.8 Å². The van der Waals surface area contributed by atoms with E-state index in [9.17, 15) is 9.59 Å². The Morgan fingerprint density at radius 1 is 1.67 bits per heavy atom. The van der Waals surface area contributed by atoms with Gasteiger partial charge >= 0.3 is 0 Å². The van der Waals surface area contributed by atoms with Gasteiger partial charge in [-0.15, -0.1) is 0 Å². The molecule has 0 aromatic heterocycles. The topological polar surface area (TPSA) is 63.4 Å². The summed E-state index contributed by atoms with van der Waals surface area (Å²) in [6, 6.07) is -0.136. The molecule has 0 saturated carbocycles. The predicted molar refractivity (Wildman–Crippen MR) is 44.2 cm³/mol. The van der Waals surface area contributed by atoms with Crippen LogP contribution < -0.4 is 5.73 Å². The first-order chi connectivity index (χ1) is 5.52. The molecule has 0 aromatic carbocycles. The van der Waals surface area contributed by atoms with E-state index >= 15 is 0 Å². The smallest absolute Gasteiger partial charge is 0.232 e. The van der Waals surface area contributed by atoms with Crippen LogP contribution in [0.1, 0.15) is 20.3 Å². The number of hydrogen-bond donors (Lipinski definition) is 1. The fourth-order valence-corrected chi connectivity index (χ4v) is 1.33. The average Bonchev–Trinajstić information content (AvgIpc) is 2.16. The second-order valence-corrected chi connectivity index (χ2v) is 3.43. The van der Waals surface area contributed by atoms with Crippen LogP contribution in [0.3, 0.4) is 0 Å². The lowest BCUT2D eigenvalue weighted by Gasteiger charge is -2.16. The van der Waals surface area contributed by atoms with Crippen LogP contribution in [0.25, 0.3) is 0 Å². The third kappa shape index (κ3) is 1.64. The van der Waals surface area contributed by atoms with Crippen molar-refractivity contribution in [3.05, 3.63) is 0 Å². The monoisotopic (exact) mass is 170 g/mol. The summed E-state index contributed by atoms with van der Waals surface area (Å²) < 4.78 is 0. The maximum atomic E-state index is 11.3. The first-order valence-electron chi connectivity index (χ1n) is 4.12. The number of carbonyl (C=O) groups excluding carboxylic acids is 2. The molecular weight excluding hydrogens is 156 g/mol. The molecule has 1 heterocycles. The molecule has 0 bridgehead atoms. The van der Waals surface area contributed by atoms with Gasteiger partial charge in [0, 0.05) is 24.9 Å². The van der Waals surface area contributed by atoms with Crippen molar-refractivity contribution in [2.75, 3.05) is 6.54 Å². The van der Waals surface area contributed by atoms with E-state index in [4.69, 9.17) is 5.73 Å². The van der Waals surface area contributed by atoms with Crippen molar-refractivity contribution >= 4 is 11.8 Å². The number of likely N-dealkylation sites (tertiary alicyclic amines) is 1. The minimum atomic E-state index is -0.156. The van der Waals surface area contributed by atoms with Gasteiger partial charge in [-0.25, -0.2) is 0 Å². The molecule has 2 unspecified atom stereocenters. The highest BCUT2D eigenvalue weighted by Gasteiger charge is 2.35. The number of imide groups is 1. The third-order valence-electron chi connectivity index (χ3n) is 1.94. The molecule has 12 heavy (non-hydrogen) atoms. The zero-order chi connectivity index (χ0) is 9.30. The molecule has 0 aromatic rings. The Morgan fingerprint density at radius 3 is 2.58 bits per heavy atom. The summed E-state index contributed by atoms with van der Waals surface area (Å²) in [7, 11) is 0. The Balaban J connectivity index is 2.64. The summed E-state index contributed by atoms with van der Waals surface area (Å²) in [6.45, 7) is 3.90. The summed E-state index contributed by atoms with van der Waals surface area (Å²) >= 11 is 0. The number of nitrogens with two attached hydrogens (primary N) is 1. The molecule has 4 nitrogen and oxygen atoms in total. The molecule has 1 saturated heterocycles. The second kappa shape index (κ2) is 3.23. The summed E-state index contributed by atoms with van der Waals surface area (Å²) in [4.78, 5) is 23.7. The normalized spacial score (nSPS) is 26.6. The molecule has 0 radical (unpaired) electrons. The first-order valence-corrected chi connectivity index (χ1v) is 4.12. The van der Waals surface area contributed by atoms with Crippen LogP contribution in [0, 0.1) is 5.92 Å². The van der Waals surface area contributed by atoms with Crippen LogP contribution in [0.5, 0.6) is 0 Å². The van der Waals surface area contributed by atoms with Gasteiger partial charge in [0.05, 0.1) is 0 Å². The Hall–Kier alpha value is -0.900. The van der Waals surface area contributed by atoms with Crippen molar-refractivity contribution in [1.29, 1.82) is 0 Å². The van der Waals surface area contributed by atoms with E-state index in [1.807, 2.05) is 0 Å². The van der Waals surface area contributed by atoms with E-state index in [1.165, 1.54) is 4.90 Å². The van der Waals surface area contributed by atoms with E-state index in [0.717, 1.165) is 0 Å². The molecule has 1 rings (SSSR count). The van der Waals surface area contributed by atoms with Crippen molar-refractivity contribution in [2.45, 2.75) is 26.3 Å². The van der Waals surface area contributed by atoms with Crippen LogP contribution >= 0.6 is 0 Å². The number of hydrogen-bond acceptors (Lipinski definition) is 3. The molecule has 1 aliphatic heterocycles. The van der Waals surface area contributed by atoms with Crippen LogP contribution in [0.15, 0.2) is 0 Å². The standard InChI is InChI=1S/C8H14N2O2/c1-5-3-7(11)10(8(5)12)4-6(2)9/h5-6H,3-4,9H2,1-2H3. The van der Waals surface area contributed by atoms with Gasteiger partial charge in [0.1, 0.15) is 0 Å². The fraction of sp³-hybridized carbons (Fsp3) is 0.750. The zero-order valence-corrected chi connectivity index (χ0v) is 7.41. The average molecular weight is 170 g/mol. The van der Waals surface area contributed by atoms with Crippen LogP contribution in [0.2, 0.25) is 0 Å².